The number of hydrogen-bond donors (Lipinski definition) is 0. The van der Waals surface area contributed by atoms with Gasteiger partial charge in [-0.2, -0.15) is 0 Å². The van der Waals surface area contributed by atoms with E-state index in [1.165, 1.54) is 0 Å². The average Bonchev–Trinajstić information content (AvgIpc) is 1.85. The van der Waals surface area contributed by atoms with Crippen LogP contribution in [0, 0.1) is 0 Å². The molecule has 9 heavy (non-hydrogen) atoms. The fraction of sp³-hybridized carbons (Fsp3) is 0.250. The Bertz CT molecular complexity index is 132. The molecule has 0 aromatic heterocycles. The Morgan fingerprint density at radius 3 is 2.56 bits per heavy atom. The summed E-state index contributed by atoms with van der Waals surface area (Å²) in [5.74, 6) is 0. The predicted octanol–water partition coefficient (Wildman–Crippen LogP) is 3.00. The molecule has 0 unspecified atom stereocenters. The van der Waals surface area contributed by atoms with Crippen molar-refractivity contribution < 1.29 is 0 Å². The monoisotopic (exact) mass is 140 g/mol. The van der Waals surface area contributed by atoms with Gasteiger partial charge >= 0.3 is 0 Å². The molecule has 0 aromatic carbocycles. The van der Waals surface area contributed by atoms with E-state index in [1.807, 2.05) is 36.8 Å². The maximum Gasteiger partial charge on any atom is -0.0142 e. The second kappa shape index (κ2) is 5.70. The van der Waals surface area contributed by atoms with Gasteiger partial charge in [-0.15, -0.1) is 11.8 Å². The van der Waals surface area contributed by atoms with E-state index in [0.717, 1.165) is 5.57 Å². The standard InChI is InChI=1S/C8H12S/c1-4-5-8(2)6-7-9-3/h4-7H,2H2,1,3H3/b5-4+,7-6-. The molecule has 0 aliphatic heterocycles. The van der Waals surface area contributed by atoms with E-state index in [4.69, 9.17) is 0 Å². The third kappa shape index (κ3) is 5.44. The van der Waals surface area contributed by atoms with Crippen molar-refractivity contribution in [3.63, 3.8) is 0 Å². The predicted molar refractivity (Wildman–Crippen MR) is 46.6 cm³/mol. The highest BCUT2D eigenvalue weighted by atomic mass is 32.2. The third-order valence-corrected chi connectivity index (χ3v) is 1.21. The molecule has 0 N–H and O–H groups in total. The van der Waals surface area contributed by atoms with Crippen LogP contribution in [0.25, 0.3) is 0 Å². The molecule has 0 heterocycles. The van der Waals surface area contributed by atoms with Crippen LogP contribution in [-0.4, -0.2) is 6.26 Å². The van der Waals surface area contributed by atoms with Gasteiger partial charge in [0.25, 0.3) is 0 Å². The molecule has 0 bridgehead atoms. The van der Waals surface area contributed by atoms with Crippen molar-refractivity contribution in [1.82, 2.24) is 0 Å². The van der Waals surface area contributed by atoms with E-state index in [-0.39, 0.29) is 0 Å². The van der Waals surface area contributed by atoms with Crippen LogP contribution in [0.5, 0.6) is 0 Å². The first-order chi connectivity index (χ1) is 4.31. The summed E-state index contributed by atoms with van der Waals surface area (Å²) in [7, 11) is 0. The maximum atomic E-state index is 3.80. The van der Waals surface area contributed by atoms with Crippen molar-refractivity contribution >= 4 is 11.8 Å². The molecule has 0 spiro atoms. The summed E-state index contributed by atoms with van der Waals surface area (Å²) in [5.41, 5.74) is 1.05. The Labute approximate surface area is 61.3 Å². The van der Waals surface area contributed by atoms with Gasteiger partial charge in [0, 0.05) is 0 Å². The van der Waals surface area contributed by atoms with Crippen LogP contribution >= 0.6 is 11.8 Å². The SMILES string of the molecule is C=C(/C=C\SC)/C=C/C. The van der Waals surface area contributed by atoms with Gasteiger partial charge in [-0.3, -0.25) is 0 Å². The van der Waals surface area contributed by atoms with Gasteiger partial charge in [-0.1, -0.05) is 18.7 Å². The Hall–Kier alpha value is -0.430. The van der Waals surface area contributed by atoms with Crippen LogP contribution < -0.4 is 0 Å². The minimum Gasteiger partial charge on any atom is -0.138 e. The van der Waals surface area contributed by atoms with Crippen molar-refractivity contribution in [2.75, 3.05) is 6.26 Å². The lowest BCUT2D eigenvalue weighted by atomic mass is 10.3. The van der Waals surface area contributed by atoms with Crippen LogP contribution in [0.4, 0.5) is 0 Å². The lowest BCUT2D eigenvalue weighted by Crippen LogP contribution is -1.62. The van der Waals surface area contributed by atoms with E-state index in [2.05, 4.69) is 6.58 Å². The van der Waals surface area contributed by atoms with Crippen molar-refractivity contribution in [2.45, 2.75) is 6.92 Å². The Morgan fingerprint density at radius 2 is 2.11 bits per heavy atom. The number of rotatable bonds is 3. The van der Waals surface area contributed by atoms with Gasteiger partial charge in [0.1, 0.15) is 0 Å². The molecular weight excluding hydrogens is 128 g/mol. The zero-order chi connectivity index (χ0) is 7.11. The van der Waals surface area contributed by atoms with Gasteiger partial charge in [-0.25, -0.2) is 0 Å². The molecule has 0 saturated heterocycles. The molecule has 0 saturated carbocycles. The summed E-state index contributed by atoms with van der Waals surface area (Å²) in [6.45, 7) is 5.78. The highest BCUT2D eigenvalue weighted by molar-refractivity contribution is 8.01. The molecule has 0 rings (SSSR count). The van der Waals surface area contributed by atoms with Crippen LogP contribution in [-0.2, 0) is 0 Å². The second-order valence-corrected chi connectivity index (χ2v) is 2.36. The maximum absolute atomic E-state index is 3.80. The first-order valence-electron chi connectivity index (χ1n) is 2.82. The molecule has 0 amide bonds. The van der Waals surface area contributed by atoms with Gasteiger partial charge in [0.05, 0.1) is 0 Å². The summed E-state index contributed by atoms with van der Waals surface area (Å²) in [4.78, 5) is 0. The Morgan fingerprint density at radius 1 is 1.44 bits per heavy atom. The van der Waals surface area contributed by atoms with Crippen LogP contribution in [0.2, 0.25) is 0 Å². The summed E-state index contributed by atoms with van der Waals surface area (Å²) < 4.78 is 0. The minimum atomic E-state index is 1.05. The van der Waals surface area contributed by atoms with Gasteiger partial charge in [-0.05, 0) is 30.2 Å². The first kappa shape index (κ1) is 8.57. The molecule has 0 atom stereocenters. The van der Waals surface area contributed by atoms with Crippen LogP contribution in [0.15, 0.2) is 35.8 Å². The van der Waals surface area contributed by atoms with Crippen molar-refractivity contribution in [2.24, 2.45) is 0 Å². The normalized spacial score (nSPS) is 11.3. The molecule has 0 aromatic rings. The second-order valence-electron chi connectivity index (χ2n) is 1.61. The molecule has 0 aliphatic rings. The number of hydrogen-bond acceptors (Lipinski definition) is 1. The van der Waals surface area contributed by atoms with Gasteiger partial charge in [0.2, 0.25) is 0 Å². The fourth-order valence-corrected chi connectivity index (χ4v) is 0.736. The Balaban J connectivity index is 3.63. The molecule has 1 heteroatoms. The number of allylic oxidation sites excluding steroid dienone is 4. The molecule has 50 valence electrons. The third-order valence-electron chi connectivity index (χ3n) is 0.799. The van der Waals surface area contributed by atoms with Crippen LogP contribution in [0.3, 0.4) is 0 Å². The van der Waals surface area contributed by atoms with Crippen molar-refractivity contribution in [3.8, 4) is 0 Å². The first-order valence-corrected chi connectivity index (χ1v) is 4.11. The molecule has 0 aliphatic carbocycles. The average molecular weight is 140 g/mol. The molecule has 0 radical (unpaired) electrons. The highest BCUT2D eigenvalue weighted by Crippen LogP contribution is 2.00. The van der Waals surface area contributed by atoms with Crippen molar-refractivity contribution in [1.29, 1.82) is 0 Å². The van der Waals surface area contributed by atoms with Gasteiger partial charge < -0.3 is 0 Å². The van der Waals surface area contributed by atoms with Crippen LogP contribution in [0.1, 0.15) is 6.92 Å². The summed E-state index contributed by atoms with van der Waals surface area (Å²) in [5, 5.41) is 2.02. The lowest BCUT2D eigenvalue weighted by molar-refractivity contribution is 1.67. The molecular formula is C8H12S. The fourth-order valence-electron chi connectivity index (χ4n) is 0.425. The van der Waals surface area contributed by atoms with E-state index in [1.54, 1.807) is 11.8 Å². The largest absolute Gasteiger partial charge is 0.138 e. The quantitative estimate of drug-likeness (QED) is 0.543. The Kier molecular flexibility index (Phi) is 5.43. The number of thioether (sulfide) groups is 1. The minimum absolute atomic E-state index is 1.05. The summed E-state index contributed by atoms with van der Waals surface area (Å²) in [6.07, 6.45) is 7.98. The highest BCUT2D eigenvalue weighted by Gasteiger charge is 1.74. The molecule has 0 fully saturated rings. The zero-order valence-corrected chi connectivity index (χ0v) is 6.74. The smallest absolute Gasteiger partial charge is 0.0142 e. The van der Waals surface area contributed by atoms with E-state index in [0.29, 0.717) is 0 Å². The van der Waals surface area contributed by atoms with Gasteiger partial charge in [0.15, 0.2) is 0 Å². The zero-order valence-electron chi connectivity index (χ0n) is 5.92. The topological polar surface area (TPSA) is 0 Å². The molecule has 0 nitrogen and oxygen atoms in total. The van der Waals surface area contributed by atoms with E-state index < -0.39 is 0 Å². The van der Waals surface area contributed by atoms with E-state index in [9.17, 15) is 0 Å². The van der Waals surface area contributed by atoms with E-state index >= 15 is 0 Å². The lowest BCUT2D eigenvalue weighted by Gasteiger charge is -1.84. The van der Waals surface area contributed by atoms with Crippen molar-refractivity contribution in [3.05, 3.63) is 35.8 Å². The summed E-state index contributed by atoms with van der Waals surface area (Å²) >= 11 is 1.68. The summed E-state index contributed by atoms with van der Waals surface area (Å²) in [6, 6.07) is 0.